The molecule has 0 spiro atoms. The molecule has 0 radical (unpaired) electrons. The topological polar surface area (TPSA) is 95.7 Å². The van der Waals surface area contributed by atoms with Crippen molar-refractivity contribution in [2.75, 3.05) is 5.73 Å². The van der Waals surface area contributed by atoms with Crippen molar-refractivity contribution >= 4 is 33.1 Å². The van der Waals surface area contributed by atoms with Gasteiger partial charge < -0.3 is 10.2 Å². The highest BCUT2D eigenvalue weighted by Gasteiger charge is 2.11. The second-order valence-corrected chi connectivity index (χ2v) is 5.91. The number of hydrogen-bond acceptors (Lipinski definition) is 7. The number of nitrogen functional groups attached to an aromatic ring is 1. The van der Waals surface area contributed by atoms with Crippen LogP contribution in [0.1, 0.15) is 5.89 Å². The molecule has 0 amide bonds. The highest BCUT2D eigenvalue weighted by Crippen LogP contribution is 2.30. The van der Waals surface area contributed by atoms with Crippen molar-refractivity contribution in [3.63, 3.8) is 0 Å². The number of nitrogens with zero attached hydrogens (tertiary/aromatic N) is 5. The van der Waals surface area contributed by atoms with Gasteiger partial charge in [-0.3, -0.25) is 0 Å². The Labute approximate surface area is 114 Å². The molecule has 18 heavy (non-hydrogen) atoms. The molecule has 92 valence electrons. The van der Waals surface area contributed by atoms with E-state index in [1.165, 1.54) is 16.0 Å². The van der Waals surface area contributed by atoms with Crippen molar-refractivity contribution in [1.29, 1.82) is 0 Å². The largest absolute Gasteiger partial charge is 0.418 e. The molecule has 0 saturated carbocycles. The molecule has 0 aliphatic heterocycles. The van der Waals surface area contributed by atoms with Gasteiger partial charge in [0.05, 0.1) is 14.9 Å². The van der Waals surface area contributed by atoms with Crippen LogP contribution in [-0.4, -0.2) is 25.2 Å². The average molecular weight is 327 g/mol. The van der Waals surface area contributed by atoms with Crippen LogP contribution in [0, 0.1) is 0 Å². The van der Waals surface area contributed by atoms with Gasteiger partial charge >= 0.3 is 0 Å². The Kier molecular flexibility index (Phi) is 2.84. The molecule has 3 aromatic heterocycles. The number of hydrogen-bond donors (Lipinski definition) is 1. The van der Waals surface area contributed by atoms with Gasteiger partial charge in [-0.05, 0) is 28.1 Å². The lowest BCUT2D eigenvalue weighted by atomic mass is 10.5. The second kappa shape index (κ2) is 4.50. The summed E-state index contributed by atoms with van der Waals surface area (Å²) >= 11 is 4.92. The summed E-state index contributed by atoms with van der Waals surface area (Å²) < 4.78 is 8.09. The molecular formula is C9H7BrN6OS. The van der Waals surface area contributed by atoms with Crippen LogP contribution in [0.15, 0.2) is 26.5 Å². The summed E-state index contributed by atoms with van der Waals surface area (Å²) in [4.78, 5) is 0.915. The predicted molar refractivity (Wildman–Crippen MR) is 68.8 cm³/mol. The minimum absolute atomic E-state index is 0.351. The standard InChI is InChI=1S/C9H7BrN6OS/c10-6-2-1-5(18-6)9-14-13-8(17-9)4-16-3-7(11)12-15-16/h1-3H,4,11H2. The maximum Gasteiger partial charge on any atom is 0.257 e. The van der Waals surface area contributed by atoms with Crippen LogP contribution in [0.4, 0.5) is 5.82 Å². The fourth-order valence-corrected chi connectivity index (χ4v) is 2.68. The Morgan fingerprint density at radius 2 is 2.22 bits per heavy atom. The van der Waals surface area contributed by atoms with Gasteiger partial charge in [0.1, 0.15) is 6.54 Å². The molecule has 0 aromatic carbocycles. The number of rotatable bonds is 3. The summed E-state index contributed by atoms with van der Waals surface area (Å²) in [5.41, 5.74) is 5.47. The lowest BCUT2D eigenvalue weighted by molar-refractivity contribution is 0.470. The van der Waals surface area contributed by atoms with E-state index in [0.29, 0.717) is 24.1 Å². The summed E-state index contributed by atoms with van der Waals surface area (Å²) in [7, 11) is 0. The van der Waals surface area contributed by atoms with Crippen molar-refractivity contribution in [1.82, 2.24) is 25.2 Å². The van der Waals surface area contributed by atoms with E-state index in [2.05, 4.69) is 36.4 Å². The van der Waals surface area contributed by atoms with E-state index in [4.69, 9.17) is 10.2 Å². The second-order valence-electron chi connectivity index (χ2n) is 3.45. The minimum Gasteiger partial charge on any atom is -0.418 e. The molecule has 3 aromatic rings. The van der Waals surface area contributed by atoms with E-state index in [0.717, 1.165) is 8.66 Å². The summed E-state index contributed by atoms with van der Waals surface area (Å²) in [6.07, 6.45) is 1.60. The van der Waals surface area contributed by atoms with Crippen LogP contribution in [0.3, 0.4) is 0 Å². The third-order valence-corrected chi connectivity index (χ3v) is 3.72. The first-order chi connectivity index (χ1) is 8.70. The Bertz CT molecular complexity index is 674. The Morgan fingerprint density at radius 1 is 1.33 bits per heavy atom. The fourth-order valence-electron chi connectivity index (χ4n) is 1.38. The van der Waals surface area contributed by atoms with Gasteiger partial charge in [0.25, 0.3) is 5.89 Å². The first-order valence-corrected chi connectivity index (χ1v) is 6.55. The van der Waals surface area contributed by atoms with Crippen LogP contribution < -0.4 is 5.73 Å². The third kappa shape index (κ3) is 2.27. The maximum atomic E-state index is 5.53. The Balaban J connectivity index is 1.81. The van der Waals surface area contributed by atoms with Gasteiger partial charge in [0.15, 0.2) is 5.82 Å². The van der Waals surface area contributed by atoms with E-state index < -0.39 is 0 Å². The molecule has 3 heterocycles. The smallest absolute Gasteiger partial charge is 0.257 e. The number of halogens is 1. The van der Waals surface area contributed by atoms with Gasteiger partial charge in [-0.15, -0.1) is 26.6 Å². The lowest BCUT2D eigenvalue weighted by Gasteiger charge is -1.92. The maximum absolute atomic E-state index is 5.53. The molecule has 0 fully saturated rings. The summed E-state index contributed by atoms with van der Waals surface area (Å²) in [6, 6.07) is 3.85. The van der Waals surface area contributed by atoms with E-state index in [-0.39, 0.29) is 0 Å². The minimum atomic E-state index is 0.351. The summed E-state index contributed by atoms with van der Waals surface area (Å²) in [5.74, 6) is 1.31. The van der Waals surface area contributed by atoms with Gasteiger partial charge in [0.2, 0.25) is 5.89 Å². The molecule has 0 bridgehead atoms. The van der Waals surface area contributed by atoms with Gasteiger partial charge in [0, 0.05) is 0 Å². The van der Waals surface area contributed by atoms with Gasteiger partial charge in [-0.1, -0.05) is 5.21 Å². The van der Waals surface area contributed by atoms with Crippen LogP contribution >= 0.6 is 27.3 Å². The lowest BCUT2D eigenvalue weighted by Crippen LogP contribution is -2.00. The molecule has 0 atom stereocenters. The number of anilines is 1. The van der Waals surface area contributed by atoms with E-state index in [1.54, 1.807) is 6.20 Å². The molecule has 0 unspecified atom stereocenters. The van der Waals surface area contributed by atoms with Crippen LogP contribution in [0.2, 0.25) is 0 Å². The molecule has 0 saturated heterocycles. The zero-order chi connectivity index (χ0) is 12.5. The number of aromatic nitrogens is 5. The molecule has 9 heteroatoms. The third-order valence-electron chi connectivity index (χ3n) is 2.10. The zero-order valence-corrected chi connectivity index (χ0v) is 11.3. The first-order valence-electron chi connectivity index (χ1n) is 4.94. The molecule has 0 aliphatic rings. The molecular weight excluding hydrogens is 320 g/mol. The van der Waals surface area contributed by atoms with Crippen molar-refractivity contribution in [2.45, 2.75) is 6.54 Å². The van der Waals surface area contributed by atoms with Crippen LogP contribution in [0.25, 0.3) is 10.8 Å². The van der Waals surface area contributed by atoms with Crippen molar-refractivity contribution in [2.24, 2.45) is 0 Å². The SMILES string of the molecule is Nc1cn(Cc2nnc(-c3ccc(Br)s3)o2)nn1. The molecule has 0 aliphatic carbocycles. The number of nitrogens with two attached hydrogens (primary N) is 1. The monoisotopic (exact) mass is 326 g/mol. The Hall–Kier alpha value is -1.74. The molecule has 2 N–H and O–H groups in total. The average Bonchev–Trinajstić information content (AvgIpc) is 3.01. The first kappa shape index (κ1) is 11.4. The highest BCUT2D eigenvalue weighted by molar-refractivity contribution is 9.11. The predicted octanol–water partition coefficient (Wildman–Crippen LogP) is 1.78. The van der Waals surface area contributed by atoms with Gasteiger partial charge in [-0.25, -0.2) is 4.68 Å². The molecule has 3 rings (SSSR count). The van der Waals surface area contributed by atoms with Crippen LogP contribution in [-0.2, 0) is 6.54 Å². The van der Waals surface area contributed by atoms with E-state index >= 15 is 0 Å². The zero-order valence-electron chi connectivity index (χ0n) is 8.95. The fraction of sp³-hybridized carbons (Fsp3) is 0.111. The van der Waals surface area contributed by atoms with Crippen molar-refractivity contribution in [3.05, 3.63) is 28.0 Å². The Morgan fingerprint density at radius 3 is 2.89 bits per heavy atom. The normalized spacial score (nSPS) is 10.9. The number of thiophene rings is 1. The van der Waals surface area contributed by atoms with Crippen LogP contribution in [0.5, 0.6) is 0 Å². The van der Waals surface area contributed by atoms with Crippen molar-refractivity contribution < 1.29 is 4.42 Å². The van der Waals surface area contributed by atoms with E-state index in [9.17, 15) is 0 Å². The van der Waals surface area contributed by atoms with E-state index in [1.807, 2.05) is 12.1 Å². The molecule has 7 nitrogen and oxygen atoms in total. The summed E-state index contributed by atoms with van der Waals surface area (Å²) in [6.45, 7) is 0.351. The quantitative estimate of drug-likeness (QED) is 0.788. The highest BCUT2D eigenvalue weighted by atomic mass is 79.9. The van der Waals surface area contributed by atoms with Gasteiger partial charge in [-0.2, -0.15) is 0 Å². The van der Waals surface area contributed by atoms with Crippen molar-refractivity contribution in [3.8, 4) is 10.8 Å². The summed E-state index contributed by atoms with van der Waals surface area (Å²) in [5, 5.41) is 15.4.